The first-order valence-electron chi connectivity index (χ1n) is 7.58. The average Bonchev–Trinajstić information content (AvgIpc) is 2.99. The number of aliphatic carboxylic acids is 1. The predicted molar refractivity (Wildman–Crippen MR) is 92.9 cm³/mol. The van der Waals surface area contributed by atoms with E-state index in [2.05, 4.69) is 21.0 Å². The highest BCUT2D eigenvalue weighted by Crippen LogP contribution is 2.17. The van der Waals surface area contributed by atoms with Crippen LogP contribution in [0.2, 0.25) is 5.15 Å². The monoisotopic (exact) mass is 397 g/mol. The van der Waals surface area contributed by atoms with Crippen molar-refractivity contribution in [1.29, 1.82) is 0 Å². The Bertz CT molecular complexity index is 892. The minimum atomic E-state index is -1.10. The van der Waals surface area contributed by atoms with Crippen molar-refractivity contribution in [3.63, 3.8) is 0 Å². The Hall–Kier alpha value is -3.18. The number of carboxylic acid groups (broad SMARTS) is 1. The molecule has 0 atom stereocenters. The number of pyridine rings is 1. The number of amides is 3. The van der Waals surface area contributed by atoms with Gasteiger partial charge in [-0.3, -0.25) is 19.2 Å². The van der Waals surface area contributed by atoms with E-state index in [0.29, 0.717) is 10.7 Å². The zero-order valence-corrected chi connectivity index (χ0v) is 14.6. The van der Waals surface area contributed by atoms with Gasteiger partial charge < -0.3 is 31.1 Å². The maximum Gasteiger partial charge on any atom is 0.322 e. The Morgan fingerprint density at radius 2 is 2.00 bits per heavy atom. The van der Waals surface area contributed by atoms with Gasteiger partial charge in [-0.1, -0.05) is 11.6 Å². The van der Waals surface area contributed by atoms with Gasteiger partial charge in [0.2, 0.25) is 0 Å². The second kappa shape index (κ2) is 8.47. The summed E-state index contributed by atoms with van der Waals surface area (Å²) in [7, 11) is 0. The number of halogens is 1. The summed E-state index contributed by atoms with van der Waals surface area (Å²) >= 11 is 5.71. The Balaban J connectivity index is 0.000000223. The van der Waals surface area contributed by atoms with Crippen LogP contribution in [-0.4, -0.2) is 74.5 Å². The van der Waals surface area contributed by atoms with Crippen LogP contribution < -0.4 is 11.1 Å². The van der Waals surface area contributed by atoms with Gasteiger partial charge >= 0.3 is 17.8 Å². The maximum atomic E-state index is 11.5. The number of carbonyl (C=O) groups is 4. The fourth-order valence-corrected chi connectivity index (χ4v) is 2.32. The number of aliphatic hydroxyl groups is 1. The Labute approximate surface area is 157 Å². The number of H-pyrrole nitrogens is 1. The second-order valence-electron chi connectivity index (χ2n) is 5.58. The van der Waals surface area contributed by atoms with Gasteiger partial charge in [-0.05, 0) is 12.1 Å². The summed E-state index contributed by atoms with van der Waals surface area (Å²) < 4.78 is 0. The van der Waals surface area contributed by atoms with Crippen LogP contribution in [0, 0.1) is 0 Å². The number of nitrogens with one attached hydrogen (secondary N) is 2. The normalized spacial score (nSPS) is 13.3. The van der Waals surface area contributed by atoms with Crippen molar-refractivity contribution in [3.8, 4) is 0 Å². The SMILES string of the molecule is NC(=O)C(=O)N1CC(O)C1.O=C(O)CNC(=O)c1cc2cc(Cl)ncc2[nH]1. The first-order chi connectivity index (χ1) is 12.7. The molecule has 0 bridgehead atoms. The van der Waals surface area contributed by atoms with Crippen LogP contribution in [0.25, 0.3) is 10.9 Å². The van der Waals surface area contributed by atoms with Crippen LogP contribution in [0.4, 0.5) is 0 Å². The van der Waals surface area contributed by atoms with Gasteiger partial charge in [-0.2, -0.15) is 0 Å². The minimum absolute atomic E-state index is 0.224. The number of hydrogen-bond acceptors (Lipinski definition) is 6. The van der Waals surface area contributed by atoms with Crippen LogP contribution >= 0.6 is 11.6 Å². The summed E-state index contributed by atoms with van der Waals surface area (Å²) in [5.74, 6) is -3.27. The smallest absolute Gasteiger partial charge is 0.322 e. The van der Waals surface area contributed by atoms with E-state index in [1.165, 1.54) is 11.1 Å². The van der Waals surface area contributed by atoms with E-state index in [9.17, 15) is 19.2 Å². The molecule has 0 radical (unpaired) electrons. The molecule has 0 spiro atoms. The number of aromatic nitrogens is 2. The van der Waals surface area contributed by atoms with E-state index < -0.39 is 36.3 Å². The molecule has 1 aliphatic rings. The molecule has 1 saturated heterocycles. The molecule has 6 N–H and O–H groups in total. The molecule has 3 amide bonds. The Morgan fingerprint density at radius 3 is 2.56 bits per heavy atom. The van der Waals surface area contributed by atoms with Gasteiger partial charge in [0.25, 0.3) is 5.91 Å². The van der Waals surface area contributed by atoms with Gasteiger partial charge in [0, 0.05) is 18.5 Å². The van der Waals surface area contributed by atoms with Crippen molar-refractivity contribution in [2.75, 3.05) is 19.6 Å². The van der Waals surface area contributed by atoms with Crippen molar-refractivity contribution in [2.45, 2.75) is 6.10 Å². The molecule has 1 aliphatic heterocycles. The molecule has 0 aromatic carbocycles. The van der Waals surface area contributed by atoms with E-state index in [0.717, 1.165) is 5.39 Å². The maximum absolute atomic E-state index is 11.5. The van der Waals surface area contributed by atoms with Crippen LogP contribution in [0.1, 0.15) is 10.5 Å². The van der Waals surface area contributed by atoms with E-state index >= 15 is 0 Å². The highest BCUT2D eigenvalue weighted by molar-refractivity contribution is 6.34. The third-order valence-electron chi connectivity index (χ3n) is 3.48. The number of carboxylic acids is 1. The number of likely N-dealkylation sites (tertiary alicyclic amines) is 1. The van der Waals surface area contributed by atoms with Gasteiger partial charge in [-0.25, -0.2) is 4.98 Å². The van der Waals surface area contributed by atoms with Crippen LogP contribution in [0.3, 0.4) is 0 Å². The number of nitrogens with zero attached hydrogens (tertiary/aromatic N) is 2. The van der Waals surface area contributed by atoms with E-state index in [1.807, 2.05) is 0 Å². The standard InChI is InChI=1S/C10H8ClN3O3.C5H8N2O3/c11-8-2-5-1-6(14-7(5)3-12-8)10(17)13-4-9(15)16;6-4(9)5(10)7-1-3(8)2-7/h1-3,14H,4H2,(H,13,17)(H,15,16);3,8H,1-2H2,(H2,6,9). The molecule has 11 nitrogen and oxygen atoms in total. The number of fused-ring (bicyclic) bond motifs is 1. The number of nitrogens with two attached hydrogens (primary N) is 1. The number of β-amino-alcohol motifs (C(OH)–C–C–N with tert-alkyl or cyclic N) is 1. The molecule has 144 valence electrons. The van der Waals surface area contributed by atoms with Crippen LogP contribution in [0.5, 0.6) is 0 Å². The van der Waals surface area contributed by atoms with Crippen molar-refractivity contribution in [1.82, 2.24) is 20.2 Å². The van der Waals surface area contributed by atoms with Gasteiger partial charge in [0.05, 0.1) is 17.8 Å². The third-order valence-corrected chi connectivity index (χ3v) is 3.68. The summed E-state index contributed by atoms with van der Waals surface area (Å²) in [6, 6.07) is 3.20. The fourth-order valence-electron chi connectivity index (χ4n) is 2.16. The van der Waals surface area contributed by atoms with Gasteiger partial charge in [0.1, 0.15) is 17.4 Å². The summed E-state index contributed by atoms with van der Waals surface area (Å²) in [5, 5.41) is 20.5. The zero-order chi connectivity index (χ0) is 20.1. The number of aliphatic hydroxyl groups excluding tert-OH is 1. The van der Waals surface area contributed by atoms with E-state index in [-0.39, 0.29) is 18.8 Å². The topological polar surface area (TPSA) is 179 Å². The zero-order valence-electron chi connectivity index (χ0n) is 13.8. The molecule has 3 heterocycles. The number of carbonyl (C=O) groups excluding carboxylic acids is 3. The predicted octanol–water partition coefficient (Wildman–Crippen LogP) is -1.29. The fraction of sp³-hybridized carbons (Fsp3) is 0.267. The summed E-state index contributed by atoms with van der Waals surface area (Å²) in [6.45, 7) is 0.0246. The lowest BCUT2D eigenvalue weighted by Crippen LogP contribution is -2.56. The van der Waals surface area contributed by atoms with Gasteiger partial charge in [-0.15, -0.1) is 0 Å². The van der Waals surface area contributed by atoms with Crippen LogP contribution in [-0.2, 0) is 14.4 Å². The second-order valence-corrected chi connectivity index (χ2v) is 5.97. The third kappa shape index (κ3) is 5.39. The lowest BCUT2D eigenvalue weighted by molar-refractivity contribution is -0.151. The number of hydrogen-bond donors (Lipinski definition) is 5. The van der Waals surface area contributed by atoms with Crippen molar-refractivity contribution in [3.05, 3.63) is 29.2 Å². The molecule has 2 aromatic rings. The Kier molecular flexibility index (Phi) is 6.32. The molecule has 3 rings (SSSR count). The number of rotatable bonds is 3. The summed E-state index contributed by atoms with van der Waals surface area (Å²) in [5.41, 5.74) is 5.61. The molecule has 0 unspecified atom stereocenters. The molecule has 12 heteroatoms. The first-order valence-corrected chi connectivity index (χ1v) is 7.96. The minimum Gasteiger partial charge on any atom is -0.480 e. The number of primary amides is 1. The quantitative estimate of drug-likeness (QED) is 0.315. The highest BCUT2D eigenvalue weighted by Gasteiger charge is 2.31. The van der Waals surface area contributed by atoms with Gasteiger partial charge in [0.15, 0.2) is 0 Å². The highest BCUT2D eigenvalue weighted by atomic mass is 35.5. The van der Waals surface area contributed by atoms with Crippen molar-refractivity contribution >= 4 is 46.2 Å². The lowest BCUT2D eigenvalue weighted by Gasteiger charge is -2.34. The molecule has 0 aliphatic carbocycles. The average molecular weight is 398 g/mol. The van der Waals surface area contributed by atoms with Crippen LogP contribution in [0.15, 0.2) is 18.3 Å². The van der Waals surface area contributed by atoms with Crippen molar-refractivity contribution in [2.24, 2.45) is 5.73 Å². The first kappa shape index (κ1) is 20.1. The van der Waals surface area contributed by atoms with E-state index in [1.54, 1.807) is 12.1 Å². The largest absolute Gasteiger partial charge is 0.480 e. The molecule has 0 saturated carbocycles. The molecule has 2 aromatic heterocycles. The molecular weight excluding hydrogens is 382 g/mol. The van der Waals surface area contributed by atoms with E-state index in [4.69, 9.17) is 21.8 Å². The number of aromatic amines is 1. The Morgan fingerprint density at radius 1 is 1.33 bits per heavy atom. The summed E-state index contributed by atoms with van der Waals surface area (Å²) in [4.78, 5) is 50.5. The molecule has 1 fully saturated rings. The van der Waals surface area contributed by atoms with Crippen molar-refractivity contribution < 1.29 is 29.4 Å². The molecule has 27 heavy (non-hydrogen) atoms. The summed E-state index contributed by atoms with van der Waals surface area (Å²) in [6.07, 6.45) is 1.02. The molecular formula is C15H16ClN5O6. The lowest BCUT2D eigenvalue weighted by atomic mass is 10.2.